The van der Waals surface area contributed by atoms with Gasteiger partial charge in [-0.15, -0.1) is 0 Å². The van der Waals surface area contributed by atoms with Crippen molar-refractivity contribution in [3.8, 4) is 0 Å². The number of rotatable bonds is 1. The second-order valence-corrected chi connectivity index (χ2v) is 4.24. The largest absolute Gasteiger partial charge is 0.326 e. The first kappa shape index (κ1) is 8.16. The van der Waals surface area contributed by atoms with E-state index in [2.05, 4.69) is 26.4 Å². The molecule has 0 saturated carbocycles. The third-order valence-corrected chi connectivity index (χ3v) is 3.09. The molecular weight excluding hydrogens is 236 g/mol. The van der Waals surface area contributed by atoms with Gasteiger partial charge in [-0.05, 0) is 29.7 Å². The Kier molecular flexibility index (Phi) is 2.12. The van der Waals surface area contributed by atoms with Crippen LogP contribution in [0.5, 0.6) is 0 Å². The highest BCUT2D eigenvalue weighted by molar-refractivity contribution is 9.10. The van der Waals surface area contributed by atoms with Crippen LogP contribution in [0.3, 0.4) is 0 Å². The molecule has 4 heteroatoms. The maximum atomic E-state index is 5.57. The SMILES string of the molecule is NCc1snc2ccc(Br)cc12. The Labute approximate surface area is 82.7 Å². The van der Waals surface area contributed by atoms with E-state index in [-0.39, 0.29) is 0 Å². The molecule has 0 bridgehead atoms. The second-order valence-electron chi connectivity index (χ2n) is 2.47. The lowest BCUT2D eigenvalue weighted by Crippen LogP contribution is -1.92. The van der Waals surface area contributed by atoms with Crippen LogP contribution in [-0.4, -0.2) is 4.37 Å². The number of hydrogen-bond donors (Lipinski definition) is 1. The van der Waals surface area contributed by atoms with Crippen molar-refractivity contribution in [3.05, 3.63) is 27.5 Å². The van der Waals surface area contributed by atoms with Crippen LogP contribution in [0.2, 0.25) is 0 Å². The summed E-state index contributed by atoms with van der Waals surface area (Å²) in [7, 11) is 0. The van der Waals surface area contributed by atoms with Gasteiger partial charge in [0.1, 0.15) is 0 Å². The standard InChI is InChI=1S/C8H7BrN2S/c9-5-1-2-7-6(3-5)8(4-10)12-11-7/h1-3H,4,10H2. The molecular formula is C8H7BrN2S. The first-order chi connectivity index (χ1) is 5.81. The molecule has 0 aliphatic rings. The quantitative estimate of drug-likeness (QED) is 0.835. The van der Waals surface area contributed by atoms with Crippen LogP contribution in [0.1, 0.15) is 4.88 Å². The van der Waals surface area contributed by atoms with Crippen molar-refractivity contribution in [1.29, 1.82) is 0 Å². The average Bonchev–Trinajstić information content (AvgIpc) is 2.46. The van der Waals surface area contributed by atoms with Crippen molar-refractivity contribution in [1.82, 2.24) is 4.37 Å². The van der Waals surface area contributed by atoms with Gasteiger partial charge in [0.05, 0.1) is 5.52 Å². The van der Waals surface area contributed by atoms with Gasteiger partial charge in [-0.25, -0.2) is 0 Å². The van der Waals surface area contributed by atoms with Crippen molar-refractivity contribution < 1.29 is 0 Å². The molecule has 1 aromatic heterocycles. The van der Waals surface area contributed by atoms with Gasteiger partial charge in [0.2, 0.25) is 0 Å². The van der Waals surface area contributed by atoms with E-state index in [4.69, 9.17) is 5.73 Å². The highest BCUT2D eigenvalue weighted by atomic mass is 79.9. The monoisotopic (exact) mass is 242 g/mol. The Morgan fingerprint density at radius 3 is 3.08 bits per heavy atom. The molecule has 1 heterocycles. The Morgan fingerprint density at radius 2 is 2.33 bits per heavy atom. The number of aromatic nitrogens is 1. The van der Waals surface area contributed by atoms with Crippen molar-refractivity contribution in [3.63, 3.8) is 0 Å². The molecule has 0 aliphatic carbocycles. The average molecular weight is 243 g/mol. The first-order valence-electron chi connectivity index (χ1n) is 3.55. The smallest absolute Gasteiger partial charge is 0.0844 e. The Bertz CT molecular complexity index is 410. The van der Waals surface area contributed by atoms with E-state index in [1.165, 1.54) is 11.5 Å². The predicted molar refractivity (Wildman–Crippen MR) is 55.2 cm³/mol. The molecule has 0 aliphatic heterocycles. The Hall–Kier alpha value is -0.450. The summed E-state index contributed by atoms with van der Waals surface area (Å²) in [5.41, 5.74) is 6.60. The minimum atomic E-state index is 0.567. The van der Waals surface area contributed by atoms with Gasteiger partial charge < -0.3 is 5.73 Å². The first-order valence-corrected chi connectivity index (χ1v) is 5.12. The summed E-state index contributed by atoms with van der Waals surface area (Å²) in [4.78, 5) is 1.14. The van der Waals surface area contributed by atoms with Gasteiger partial charge in [0, 0.05) is 21.3 Å². The molecule has 1 aromatic carbocycles. The second kappa shape index (κ2) is 3.12. The summed E-state index contributed by atoms with van der Waals surface area (Å²) in [5, 5.41) is 1.16. The molecule has 2 aromatic rings. The lowest BCUT2D eigenvalue weighted by atomic mass is 10.2. The van der Waals surface area contributed by atoms with Crippen LogP contribution < -0.4 is 5.73 Å². The fourth-order valence-corrected chi connectivity index (χ4v) is 2.18. The number of hydrogen-bond acceptors (Lipinski definition) is 3. The van der Waals surface area contributed by atoms with Crippen molar-refractivity contribution in [2.45, 2.75) is 6.54 Å². The van der Waals surface area contributed by atoms with Crippen molar-refractivity contribution in [2.75, 3.05) is 0 Å². The van der Waals surface area contributed by atoms with E-state index in [0.29, 0.717) is 6.54 Å². The Morgan fingerprint density at radius 1 is 1.50 bits per heavy atom. The Balaban J connectivity index is 2.75. The summed E-state index contributed by atoms with van der Waals surface area (Å²) < 4.78 is 5.35. The van der Waals surface area contributed by atoms with Gasteiger partial charge in [0.25, 0.3) is 0 Å². The molecule has 12 heavy (non-hydrogen) atoms. The van der Waals surface area contributed by atoms with Crippen LogP contribution >= 0.6 is 27.5 Å². The summed E-state index contributed by atoms with van der Waals surface area (Å²) in [5.74, 6) is 0. The van der Waals surface area contributed by atoms with E-state index in [0.717, 1.165) is 20.3 Å². The minimum Gasteiger partial charge on any atom is -0.326 e. The van der Waals surface area contributed by atoms with Gasteiger partial charge in [-0.2, -0.15) is 4.37 Å². The van der Waals surface area contributed by atoms with E-state index in [1.54, 1.807) is 0 Å². The highest BCUT2D eigenvalue weighted by Gasteiger charge is 2.03. The lowest BCUT2D eigenvalue weighted by molar-refractivity contribution is 1.12. The van der Waals surface area contributed by atoms with Crippen molar-refractivity contribution in [2.24, 2.45) is 5.73 Å². The third kappa shape index (κ3) is 1.26. The zero-order valence-electron chi connectivity index (χ0n) is 6.25. The predicted octanol–water partition coefficient (Wildman–Crippen LogP) is 2.52. The number of fused-ring (bicyclic) bond motifs is 1. The van der Waals surface area contributed by atoms with Gasteiger partial charge in [-0.1, -0.05) is 15.9 Å². The maximum Gasteiger partial charge on any atom is 0.0844 e. The normalized spacial score (nSPS) is 10.8. The number of benzene rings is 1. The molecule has 62 valence electrons. The summed E-state index contributed by atoms with van der Waals surface area (Å²) in [6, 6.07) is 6.04. The molecule has 2 N–H and O–H groups in total. The van der Waals surface area contributed by atoms with Gasteiger partial charge in [0.15, 0.2) is 0 Å². The molecule has 0 spiro atoms. The topological polar surface area (TPSA) is 38.9 Å². The van der Waals surface area contributed by atoms with E-state index in [9.17, 15) is 0 Å². The molecule has 2 nitrogen and oxygen atoms in total. The molecule has 0 radical (unpaired) electrons. The van der Waals surface area contributed by atoms with E-state index in [1.807, 2.05) is 12.1 Å². The van der Waals surface area contributed by atoms with E-state index >= 15 is 0 Å². The number of nitrogens with zero attached hydrogens (tertiary/aromatic N) is 1. The fourth-order valence-electron chi connectivity index (χ4n) is 1.11. The lowest BCUT2D eigenvalue weighted by Gasteiger charge is -1.92. The van der Waals surface area contributed by atoms with Crippen LogP contribution in [0.25, 0.3) is 10.9 Å². The summed E-state index contributed by atoms with van der Waals surface area (Å²) in [6.45, 7) is 0.567. The van der Waals surface area contributed by atoms with Gasteiger partial charge in [-0.3, -0.25) is 0 Å². The van der Waals surface area contributed by atoms with Crippen LogP contribution in [-0.2, 0) is 6.54 Å². The molecule has 0 saturated heterocycles. The van der Waals surface area contributed by atoms with Crippen LogP contribution in [0.4, 0.5) is 0 Å². The zero-order chi connectivity index (χ0) is 8.55. The maximum absolute atomic E-state index is 5.57. The third-order valence-electron chi connectivity index (χ3n) is 1.70. The molecule has 2 rings (SSSR count). The fraction of sp³-hybridized carbons (Fsp3) is 0.125. The van der Waals surface area contributed by atoms with Crippen molar-refractivity contribution >= 4 is 38.4 Å². The highest BCUT2D eigenvalue weighted by Crippen LogP contribution is 2.24. The van der Waals surface area contributed by atoms with Crippen LogP contribution in [0.15, 0.2) is 22.7 Å². The van der Waals surface area contributed by atoms with Crippen LogP contribution in [0, 0.1) is 0 Å². The molecule has 0 fully saturated rings. The molecule has 0 unspecified atom stereocenters. The van der Waals surface area contributed by atoms with Gasteiger partial charge >= 0.3 is 0 Å². The minimum absolute atomic E-state index is 0.567. The summed E-state index contributed by atoms with van der Waals surface area (Å²) in [6.07, 6.45) is 0. The molecule has 0 atom stereocenters. The summed E-state index contributed by atoms with van der Waals surface area (Å²) >= 11 is 4.89. The van der Waals surface area contributed by atoms with E-state index < -0.39 is 0 Å². The number of nitrogens with two attached hydrogens (primary N) is 1. The molecule has 0 amide bonds. The zero-order valence-corrected chi connectivity index (χ0v) is 8.65. The number of halogens is 1.